The van der Waals surface area contributed by atoms with E-state index < -0.39 is 0 Å². The van der Waals surface area contributed by atoms with Gasteiger partial charge in [0.1, 0.15) is 0 Å². The van der Waals surface area contributed by atoms with Crippen LogP contribution in [0.1, 0.15) is 102 Å². The van der Waals surface area contributed by atoms with Crippen LogP contribution in [0.4, 0.5) is 11.4 Å². The molecular weight excluding hydrogens is 447 g/mol. The second-order valence-electron chi connectivity index (χ2n) is 8.64. The largest absolute Gasteiger partial charge is 0.252 e. The number of rotatable bonds is 13. The maximum atomic E-state index is 5.19. The van der Waals surface area contributed by atoms with Gasteiger partial charge in [0, 0.05) is 16.5 Å². The van der Waals surface area contributed by atoms with E-state index in [-0.39, 0.29) is 16.5 Å². The van der Waals surface area contributed by atoms with Gasteiger partial charge in [0.15, 0.2) is 0 Å². The van der Waals surface area contributed by atoms with Gasteiger partial charge in [0.05, 0.1) is 22.8 Å². The summed E-state index contributed by atoms with van der Waals surface area (Å²) in [5.41, 5.74) is 10.2. The molecule has 0 aliphatic carbocycles. The van der Waals surface area contributed by atoms with Gasteiger partial charge in [-0.05, 0) is 97.9 Å². The molecule has 0 fully saturated rings. The molecule has 33 heavy (non-hydrogen) atoms. The third-order valence-electron chi connectivity index (χ3n) is 6.30. The van der Waals surface area contributed by atoms with Gasteiger partial charge >= 0.3 is 0 Å². The van der Waals surface area contributed by atoms with Crippen molar-refractivity contribution >= 4 is 22.8 Å². The summed E-state index contributed by atoms with van der Waals surface area (Å²) >= 11 is 0. The van der Waals surface area contributed by atoms with Crippen LogP contribution in [0.15, 0.2) is 46.4 Å². The smallest absolute Gasteiger partial charge is 0.0636 e. The van der Waals surface area contributed by atoms with Gasteiger partial charge in [-0.25, -0.2) is 0 Å². The third-order valence-corrected chi connectivity index (χ3v) is 6.30. The maximum absolute atomic E-state index is 5.19. The predicted octanol–water partition coefficient (Wildman–Crippen LogP) is 9.16. The summed E-state index contributed by atoms with van der Waals surface area (Å²) in [5, 5.41) is 0. The van der Waals surface area contributed by atoms with E-state index in [1.54, 1.807) is 0 Å². The van der Waals surface area contributed by atoms with Gasteiger partial charge in [-0.1, -0.05) is 66.5 Å². The molecule has 0 aliphatic heterocycles. The Hall–Kier alpha value is -1.73. The number of unbranched alkanes of at least 4 members (excludes halogenated alkanes) is 2. The van der Waals surface area contributed by atoms with Crippen LogP contribution in [0, 0.1) is 0 Å². The molecule has 0 saturated heterocycles. The first-order chi connectivity index (χ1) is 15.6. The molecule has 0 spiro atoms. The van der Waals surface area contributed by atoms with Crippen molar-refractivity contribution in [1.29, 1.82) is 0 Å². The molecule has 0 N–H and O–H groups in total. The Morgan fingerprint density at radius 1 is 0.545 bits per heavy atom. The zero-order chi connectivity index (χ0) is 23.3. The van der Waals surface area contributed by atoms with E-state index in [0.717, 1.165) is 62.7 Å². The van der Waals surface area contributed by atoms with Crippen molar-refractivity contribution in [3.05, 3.63) is 58.7 Å². The van der Waals surface area contributed by atoms with Crippen LogP contribution >= 0.6 is 0 Å². The molecule has 2 rings (SSSR count). The number of aliphatic imine (C=N–C) groups is 2. The molecular formula is C30H44N2Ni. The van der Waals surface area contributed by atoms with Crippen LogP contribution in [-0.4, -0.2) is 11.4 Å². The molecule has 2 aromatic carbocycles. The van der Waals surface area contributed by atoms with E-state index in [0.29, 0.717) is 0 Å². The number of aryl methyl sites for hydroxylation is 4. The van der Waals surface area contributed by atoms with Gasteiger partial charge in [0.25, 0.3) is 0 Å². The van der Waals surface area contributed by atoms with Crippen molar-refractivity contribution in [3.63, 3.8) is 0 Å². The molecule has 0 aromatic heterocycles. The summed E-state index contributed by atoms with van der Waals surface area (Å²) < 4.78 is 0. The normalized spacial score (nSPS) is 12.1. The van der Waals surface area contributed by atoms with Gasteiger partial charge < -0.3 is 0 Å². The summed E-state index contributed by atoms with van der Waals surface area (Å²) in [5.74, 6) is 0. The van der Waals surface area contributed by atoms with E-state index in [4.69, 9.17) is 9.98 Å². The Bertz CT molecular complexity index is 836. The fourth-order valence-electron chi connectivity index (χ4n) is 4.24. The first-order valence-corrected chi connectivity index (χ1v) is 13.0. The molecule has 184 valence electrons. The van der Waals surface area contributed by atoms with E-state index in [9.17, 15) is 0 Å². The zero-order valence-electron chi connectivity index (χ0n) is 21.7. The standard InChI is InChI=1S/C30H44N2.Ni/c1-7-13-15-29(31-27-19-17-23(9-3)25(11-5)21-27)30(16-14-8-2)32-28-20-18-24(10-4)26(12-6)22-28;/h17-22H,7-16H2,1-6H3;. The Labute approximate surface area is 213 Å². The summed E-state index contributed by atoms with van der Waals surface area (Å²) in [6.07, 6.45) is 10.9. The summed E-state index contributed by atoms with van der Waals surface area (Å²) in [6.45, 7) is 13.4. The Kier molecular flexibility index (Phi) is 14.2. The summed E-state index contributed by atoms with van der Waals surface area (Å²) in [6, 6.07) is 13.5. The monoisotopic (exact) mass is 490 g/mol. The van der Waals surface area contributed by atoms with E-state index in [1.807, 2.05) is 0 Å². The minimum Gasteiger partial charge on any atom is -0.252 e. The molecule has 0 atom stereocenters. The SMILES string of the molecule is CCCCC(=Nc1ccc(CC)c(CC)c1)C(CCCC)=Nc1ccc(CC)c(CC)c1.[Ni]. The van der Waals surface area contributed by atoms with Gasteiger partial charge in [-0.3, -0.25) is 9.98 Å². The number of nitrogens with zero attached hydrogens (tertiary/aromatic N) is 2. The van der Waals surface area contributed by atoms with Gasteiger partial charge in [-0.15, -0.1) is 0 Å². The molecule has 0 radical (unpaired) electrons. The van der Waals surface area contributed by atoms with E-state index in [2.05, 4.69) is 77.9 Å². The molecule has 0 unspecified atom stereocenters. The van der Waals surface area contributed by atoms with Crippen LogP contribution in [-0.2, 0) is 42.2 Å². The zero-order valence-corrected chi connectivity index (χ0v) is 22.7. The van der Waals surface area contributed by atoms with Crippen LogP contribution in [0.5, 0.6) is 0 Å². The van der Waals surface area contributed by atoms with Crippen molar-refractivity contribution in [3.8, 4) is 0 Å². The van der Waals surface area contributed by atoms with Crippen molar-refractivity contribution in [1.82, 2.24) is 0 Å². The predicted molar refractivity (Wildman–Crippen MR) is 144 cm³/mol. The Morgan fingerprint density at radius 2 is 0.909 bits per heavy atom. The first-order valence-electron chi connectivity index (χ1n) is 13.0. The number of hydrogen-bond acceptors (Lipinski definition) is 2. The minimum absolute atomic E-state index is 0. The van der Waals surface area contributed by atoms with E-state index in [1.165, 1.54) is 46.5 Å². The van der Waals surface area contributed by atoms with Crippen LogP contribution in [0.2, 0.25) is 0 Å². The fraction of sp³-hybridized carbons (Fsp3) is 0.533. The van der Waals surface area contributed by atoms with Crippen LogP contribution in [0.3, 0.4) is 0 Å². The molecule has 0 saturated carbocycles. The van der Waals surface area contributed by atoms with Crippen molar-refractivity contribution in [2.24, 2.45) is 9.98 Å². The molecule has 0 heterocycles. The quantitative estimate of drug-likeness (QED) is 0.197. The molecule has 2 aromatic rings. The molecule has 3 heteroatoms. The van der Waals surface area contributed by atoms with Gasteiger partial charge in [0.2, 0.25) is 0 Å². The minimum atomic E-state index is 0. The maximum Gasteiger partial charge on any atom is 0.0636 e. The second-order valence-corrected chi connectivity index (χ2v) is 8.64. The van der Waals surface area contributed by atoms with E-state index >= 15 is 0 Å². The second kappa shape index (κ2) is 16.0. The summed E-state index contributed by atoms with van der Waals surface area (Å²) in [7, 11) is 0. The molecule has 0 aliphatic rings. The molecule has 0 bridgehead atoms. The number of hydrogen-bond donors (Lipinski definition) is 0. The van der Waals surface area contributed by atoms with Gasteiger partial charge in [-0.2, -0.15) is 0 Å². The van der Waals surface area contributed by atoms with Crippen molar-refractivity contribution in [2.75, 3.05) is 0 Å². The van der Waals surface area contributed by atoms with Crippen molar-refractivity contribution < 1.29 is 16.5 Å². The van der Waals surface area contributed by atoms with Crippen LogP contribution < -0.4 is 0 Å². The molecule has 0 amide bonds. The summed E-state index contributed by atoms with van der Waals surface area (Å²) in [4.78, 5) is 10.4. The first kappa shape index (κ1) is 29.3. The average molecular weight is 491 g/mol. The third kappa shape index (κ3) is 8.86. The Balaban J connectivity index is 0.00000544. The van der Waals surface area contributed by atoms with Crippen LogP contribution in [0.25, 0.3) is 0 Å². The number of benzene rings is 2. The average Bonchev–Trinajstić information content (AvgIpc) is 2.83. The van der Waals surface area contributed by atoms with Crippen molar-refractivity contribution in [2.45, 2.75) is 106 Å². The molecule has 2 nitrogen and oxygen atoms in total. The fourth-order valence-corrected chi connectivity index (χ4v) is 4.24. The topological polar surface area (TPSA) is 24.7 Å². The Morgan fingerprint density at radius 3 is 1.21 bits per heavy atom.